The van der Waals surface area contributed by atoms with Crippen LogP contribution in [0.15, 0.2) is 173 Å². The topological polar surface area (TPSA) is 141 Å². The summed E-state index contributed by atoms with van der Waals surface area (Å²) in [7, 11) is 6.03. The molecule has 3 aromatic carbocycles. The van der Waals surface area contributed by atoms with Crippen molar-refractivity contribution in [3.05, 3.63) is 157 Å². The van der Waals surface area contributed by atoms with Crippen LogP contribution in [0.25, 0.3) is 0 Å². The molecule has 0 aromatic heterocycles. The van der Waals surface area contributed by atoms with Crippen LogP contribution in [0.5, 0.6) is 0 Å². The lowest BCUT2D eigenvalue weighted by molar-refractivity contribution is -0.852. The van der Waals surface area contributed by atoms with Gasteiger partial charge in [-0.3, -0.25) is 45.6 Å². The number of rotatable bonds is 3. The minimum atomic E-state index is 0. The van der Waals surface area contributed by atoms with E-state index < -0.39 is 0 Å². The van der Waals surface area contributed by atoms with Crippen molar-refractivity contribution in [3.63, 3.8) is 0 Å². The summed E-state index contributed by atoms with van der Waals surface area (Å²) in [5.41, 5.74) is 9.62. The number of nitrogens with one attached hydrogen (secondary N) is 6. The predicted molar refractivity (Wildman–Crippen MR) is 282 cm³/mol. The Morgan fingerprint density at radius 2 is 0.696 bits per heavy atom. The first-order chi connectivity index (χ1) is 32.2. The van der Waals surface area contributed by atoms with Gasteiger partial charge >= 0.3 is 0 Å². The van der Waals surface area contributed by atoms with E-state index in [0.717, 1.165) is 83.5 Å². The Hall–Kier alpha value is -3.27. The number of anilines is 3. The standard InChI is InChI=1S/3C15H14BrN5S.3BrH/c3*1-19-14-12(8-18-19)13(17)20(10-5-3-2-4-6-10)15-21(14)11(7-16)9-22-15;;;/h3*2-8,15,17H,9H2,1H3;3*1H/b2*11-7-,17-13?;;;;. The maximum atomic E-state index is 8.67. The van der Waals surface area contributed by atoms with E-state index in [1.807, 2.05) is 145 Å². The molecule has 360 valence electrons. The largest absolute Gasteiger partial charge is 1.00 e. The maximum absolute atomic E-state index is 8.67. The molecule has 9 heterocycles. The van der Waals surface area contributed by atoms with Gasteiger partial charge in [-0.25, -0.2) is 0 Å². The van der Waals surface area contributed by atoms with Crippen molar-refractivity contribution in [1.82, 2.24) is 14.7 Å². The summed E-state index contributed by atoms with van der Waals surface area (Å²) in [4.78, 5) is 19.1. The molecule has 3 fully saturated rings. The number of thioether (sulfide) groups is 3. The Morgan fingerprint density at radius 1 is 0.449 bits per heavy atom. The third-order valence-electron chi connectivity index (χ3n) is 12.0. The Labute approximate surface area is 470 Å². The molecule has 3 aromatic rings. The third kappa shape index (κ3) is 9.39. The van der Waals surface area contributed by atoms with Gasteiger partial charge in [0, 0.05) is 66.4 Å². The van der Waals surface area contributed by atoms with Gasteiger partial charge < -0.3 is 50.9 Å². The molecule has 0 bridgehead atoms. The van der Waals surface area contributed by atoms with Crippen LogP contribution in [0.1, 0.15) is 0 Å². The summed E-state index contributed by atoms with van der Waals surface area (Å²) >= 11 is 15.9. The third-order valence-corrected chi connectivity index (χ3v) is 17.2. The van der Waals surface area contributed by atoms with Crippen LogP contribution < -0.4 is 80.7 Å². The van der Waals surface area contributed by atoms with E-state index in [2.05, 4.69) is 129 Å². The van der Waals surface area contributed by atoms with Crippen LogP contribution in [0.4, 0.5) is 17.1 Å². The maximum Gasteiger partial charge on any atom is 0.248 e. The van der Waals surface area contributed by atoms with Crippen molar-refractivity contribution < 1.29 is 66.0 Å². The van der Waals surface area contributed by atoms with Gasteiger partial charge in [-0.05, 0) is 36.4 Å². The van der Waals surface area contributed by atoms with E-state index in [4.69, 9.17) is 16.2 Å². The van der Waals surface area contributed by atoms with Crippen LogP contribution in [0, 0.1) is 16.2 Å². The number of benzene rings is 3. The second-order valence-corrected chi connectivity index (χ2v) is 20.3. The SMILES string of the molecule is C[NH+]1N=CC2=C1N1/C(=C\Br)CSC1N(c1ccccc1)C2=N.C[NH+]1N=CC2=C1N1/C(=C\Br)CSC1N(c1ccccc1)C2=N.C[NH+]1N=CC2=C1N1C(=CBr)CSC1N(c1ccccc1)C2=N.[Br-].[Br-].[Br-]. The summed E-state index contributed by atoms with van der Waals surface area (Å²) in [6.07, 6.45) is 5.44. The van der Waals surface area contributed by atoms with Crippen LogP contribution in [0.2, 0.25) is 0 Å². The molecule has 6 N–H and O–H groups in total. The van der Waals surface area contributed by atoms with Gasteiger partial charge in [0.25, 0.3) is 0 Å². The fourth-order valence-electron chi connectivity index (χ4n) is 9.05. The summed E-state index contributed by atoms with van der Waals surface area (Å²) in [5, 5.41) is 42.3. The van der Waals surface area contributed by atoms with Crippen molar-refractivity contribution >= 4 is 136 Å². The Morgan fingerprint density at radius 3 is 0.928 bits per heavy atom. The quantitative estimate of drug-likeness (QED) is 0.157. The Bertz CT molecular complexity index is 2490. The molecule has 0 aliphatic carbocycles. The molecular weight excluding hydrogens is 1330 g/mol. The first-order valence-corrected chi connectivity index (χ1v) is 26.8. The number of para-hydroxylation sites is 3. The highest BCUT2D eigenvalue weighted by atomic mass is 79.9. The highest BCUT2D eigenvalue weighted by Crippen LogP contribution is 2.45. The molecule has 3 saturated heterocycles. The monoisotopic (exact) mass is 1360 g/mol. The molecule has 24 heteroatoms. The van der Waals surface area contributed by atoms with Crippen molar-refractivity contribution in [3.8, 4) is 0 Å². The number of hydrogen-bond acceptors (Lipinski definition) is 12. The van der Waals surface area contributed by atoms with Crippen molar-refractivity contribution in [1.29, 1.82) is 16.2 Å². The lowest BCUT2D eigenvalue weighted by Gasteiger charge is -2.40. The fraction of sp³-hybridized carbons (Fsp3) is 0.200. The number of amidine groups is 3. The fourth-order valence-corrected chi connectivity index (χ4v) is 14.8. The molecule has 12 rings (SSSR count). The number of hydrogen-bond donors (Lipinski definition) is 6. The van der Waals surface area contributed by atoms with Crippen molar-refractivity contribution in [2.75, 3.05) is 53.1 Å². The van der Waals surface area contributed by atoms with Gasteiger partial charge in [-0.15, -0.1) is 35.3 Å². The number of nitrogens with zero attached hydrogens (tertiary/aromatic N) is 9. The average Bonchev–Trinajstić information content (AvgIpc) is 4.22. The van der Waals surface area contributed by atoms with E-state index in [1.54, 1.807) is 0 Å². The molecule has 6 unspecified atom stereocenters. The lowest BCUT2D eigenvalue weighted by Crippen LogP contribution is -3.03. The molecule has 0 amide bonds. The molecule has 15 nitrogen and oxygen atoms in total. The molecule has 0 spiro atoms. The highest BCUT2D eigenvalue weighted by molar-refractivity contribution is 9.11. The molecule has 6 atom stereocenters. The number of fused-ring (bicyclic) bond motifs is 6. The van der Waals surface area contributed by atoms with Gasteiger partial charge in [0.2, 0.25) is 17.5 Å². The molecule has 0 radical (unpaired) electrons. The van der Waals surface area contributed by atoms with Gasteiger partial charge in [-0.1, -0.05) is 118 Å². The first kappa shape index (κ1) is 53.5. The number of halogens is 6. The zero-order valence-electron chi connectivity index (χ0n) is 37.0. The van der Waals surface area contributed by atoms with Gasteiger partial charge in [0.05, 0.1) is 21.1 Å². The Kier molecular flexibility index (Phi) is 17.6. The number of quaternary nitrogens is 3. The minimum Gasteiger partial charge on any atom is -1.00 e. The smallest absolute Gasteiger partial charge is 0.248 e. The van der Waals surface area contributed by atoms with Crippen LogP contribution in [-0.2, 0) is 0 Å². The van der Waals surface area contributed by atoms with Crippen molar-refractivity contribution in [2.24, 2.45) is 15.3 Å². The molecule has 69 heavy (non-hydrogen) atoms. The van der Waals surface area contributed by atoms with E-state index in [9.17, 15) is 0 Å². The van der Waals surface area contributed by atoms with Crippen LogP contribution in [-0.4, -0.2) is 106 Å². The molecular formula is C45H45Br6N15S3. The zero-order chi connectivity index (χ0) is 45.8. The Balaban J connectivity index is 0.000000150. The summed E-state index contributed by atoms with van der Waals surface area (Å²) in [6, 6.07) is 30.4. The zero-order valence-corrected chi connectivity index (χ0v) is 49.0. The first-order valence-electron chi connectivity index (χ1n) is 20.9. The lowest BCUT2D eigenvalue weighted by atomic mass is 10.1. The van der Waals surface area contributed by atoms with Crippen molar-refractivity contribution in [2.45, 2.75) is 16.5 Å². The summed E-state index contributed by atoms with van der Waals surface area (Å²) in [6.45, 7) is 0. The predicted octanol–water partition coefficient (Wildman–Crippen LogP) is -3.65. The average molecular weight is 1370 g/mol. The van der Waals surface area contributed by atoms with Crippen LogP contribution in [0.3, 0.4) is 0 Å². The second kappa shape index (κ2) is 22.7. The highest BCUT2D eigenvalue weighted by Gasteiger charge is 2.51. The summed E-state index contributed by atoms with van der Waals surface area (Å²) < 4.78 is 0. The van der Waals surface area contributed by atoms with E-state index in [0.29, 0.717) is 17.5 Å². The molecule has 9 aliphatic heterocycles. The minimum absolute atomic E-state index is 0. The second-order valence-electron chi connectivity index (χ2n) is 15.8. The summed E-state index contributed by atoms with van der Waals surface area (Å²) in [5.74, 6) is 7.50. The van der Waals surface area contributed by atoms with Crippen LogP contribution >= 0.6 is 83.1 Å². The van der Waals surface area contributed by atoms with E-state index >= 15 is 0 Å². The van der Waals surface area contributed by atoms with Gasteiger partial charge in [0.15, 0.2) is 16.5 Å². The van der Waals surface area contributed by atoms with E-state index in [1.165, 1.54) is 17.1 Å². The van der Waals surface area contributed by atoms with E-state index in [-0.39, 0.29) is 67.4 Å². The van der Waals surface area contributed by atoms with Gasteiger partial charge in [0.1, 0.15) is 52.9 Å². The molecule has 0 saturated carbocycles. The normalized spacial score (nSPS) is 27.4. The van der Waals surface area contributed by atoms with Gasteiger partial charge in [-0.2, -0.15) is 15.0 Å². The molecule has 9 aliphatic rings.